The molecule has 0 aromatic heterocycles. The van der Waals surface area contributed by atoms with Crippen LogP contribution in [0.3, 0.4) is 0 Å². The van der Waals surface area contributed by atoms with Crippen molar-refractivity contribution in [3.63, 3.8) is 0 Å². The summed E-state index contributed by atoms with van der Waals surface area (Å²) in [7, 11) is -0.424. The third-order valence-corrected chi connectivity index (χ3v) is 7.01. The average molecular weight is 443 g/mol. The molecule has 8 heteroatoms. The van der Waals surface area contributed by atoms with Crippen LogP contribution in [0.15, 0.2) is 65.6 Å². The smallest absolute Gasteiger partial charge is 0.325 e. The number of carbonyl (C=O) groups is 1. The van der Waals surface area contributed by atoms with Gasteiger partial charge in [0, 0.05) is 37.0 Å². The number of phenols is 1. The summed E-state index contributed by atoms with van der Waals surface area (Å²) >= 11 is 0. The van der Waals surface area contributed by atoms with Crippen LogP contribution in [0.25, 0.3) is 10.8 Å². The SMILES string of the molecule is CCC(Cc1ccc(O)cc1)(NS(=O)(=O)c1cccc2c(N(C)C)cccc12)C(=O)O. The number of aromatic hydroxyl groups is 1. The number of fused-ring (bicyclic) bond motifs is 1. The Hall–Kier alpha value is -3.10. The van der Waals surface area contributed by atoms with Crippen LogP contribution in [0.4, 0.5) is 5.69 Å². The van der Waals surface area contributed by atoms with Gasteiger partial charge in [-0.1, -0.05) is 43.3 Å². The van der Waals surface area contributed by atoms with E-state index in [1.54, 1.807) is 37.3 Å². The number of nitrogens with one attached hydrogen (secondary N) is 1. The first kappa shape index (κ1) is 22.6. The number of rotatable bonds is 8. The molecular formula is C23H26N2O5S. The number of hydrogen-bond acceptors (Lipinski definition) is 5. The quantitative estimate of drug-likeness (QED) is 0.494. The number of benzene rings is 3. The van der Waals surface area contributed by atoms with Crippen molar-refractivity contribution in [2.24, 2.45) is 0 Å². The second-order valence-electron chi connectivity index (χ2n) is 7.71. The summed E-state index contributed by atoms with van der Waals surface area (Å²) in [6.45, 7) is 1.63. The molecule has 0 saturated heterocycles. The monoisotopic (exact) mass is 442 g/mol. The van der Waals surface area contributed by atoms with Gasteiger partial charge in [0.2, 0.25) is 10.0 Å². The summed E-state index contributed by atoms with van der Waals surface area (Å²) in [4.78, 5) is 14.2. The molecule has 3 aromatic rings. The van der Waals surface area contributed by atoms with Crippen molar-refractivity contribution in [1.82, 2.24) is 4.72 Å². The molecule has 3 aromatic carbocycles. The fourth-order valence-corrected chi connectivity index (χ4v) is 5.32. The van der Waals surface area contributed by atoms with Gasteiger partial charge in [0.15, 0.2) is 0 Å². The third-order valence-electron chi connectivity index (χ3n) is 5.42. The molecule has 1 atom stereocenters. The van der Waals surface area contributed by atoms with Crippen LogP contribution in [0, 0.1) is 0 Å². The summed E-state index contributed by atoms with van der Waals surface area (Å²) < 4.78 is 29.3. The highest BCUT2D eigenvalue weighted by Crippen LogP contribution is 2.31. The van der Waals surface area contributed by atoms with Gasteiger partial charge in [0.05, 0.1) is 4.90 Å². The van der Waals surface area contributed by atoms with Crippen molar-refractivity contribution in [2.45, 2.75) is 30.2 Å². The lowest BCUT2D eigenvalue weighted by Gasteiger charge is -2.29. The second kappa shape index (κ2) is 8.56. The molecule has 0 radical (unpaired) electrons. The molecule has 0 fully saturated rings. The maximum atomic E-state index is 13.4. The van der Waals surface area contributed by atoms with E-state index >= 15 is 0 Å². The number of sulfonamides is 1. The van der Waals surface area contributed by atoms with Crippen LogP contribution in [0.1, 0.15) is 18.9 Å². The molecule has 0 bridgehead atoms. The van der Waals surface area contributed by atoms with Gasteiger partial charge < -0.3 is 15.1 Å². The normalized spacial score (nSPS) is 13.6. The van der Waals surface area contributed by atoms with E-state index < -0.39 is 21.5 Å². The van der Waals surface area contributed by atoms with E-state index in [2.05, 4.69) is 4.72 Å². The van der Waals surface area contributed by atoms with E-state index in [-0.39, 0.29) is 23.5 Å². The fourth-order valence-electron chi connectivity index (χ4n) is 3.67. The van der Waals surface area contributed by atoms with Crippen LogP contribution in [-0.2, 0) is 21.2 Å². The van der Waals surface area contributed by atoms with E-state index in [0.29, 0.717) is 10.9 Å². The third kappa shape index (κ3) is 4.50. The Balaban J connectivity index is 2.09. The predicted molar refractivity (Wildman–Crippen MR) is 121 cm³/mol. The van der Waals surface area contributed by atoms with E-state index in [1.807, 2.05) is 31.1 Å². The van der Waals surface area contributed by atoms with Gasteiger partial charge in [0.25, 0.3) is 0 Å². The molecule has 31 heavy (non-hydrogen) atoms. The summed E-state index contributed by atoms with van der Waals surface area (Å²) in [5.74, 6) is -1.21. The summed E-state index contributed by atoms with van der Waals surface area (Å²) in [5.41, 5.74) is -0.284. The van der Waals surface area contributed by atoms with Gasteiger partial charge in [-0.25, -0.2) is 8.42 Å². The topological polar surface area (TPSA) is 107 Å². The molecule has 0 amide bonds. The Kier molecular flexibility index (Phi) is 6.24. The first-order chi connectivity index (χ1) is 14.6. The molecule has 0 saturated carbocycles. The predicted octanol–water partition coefficient (Wildman–Crippen LogP) is 3.37. The zero-order valence-corrected chi connectivity index (χ0v) is 18.5. The zero-order chi connectivity index (χ0) is 22.8. The maximum Gasteiger partial charge on any atom is 0.325 e. The molecule has 3 N–H and O–H groups in total. The van der Waals surface area contributed by atoms with Crippen molar-refractivity contribution in [3.8, 4) is 5.75 Å². The van der Waals surface area contributed by atoms with E-state index in [0.717, 1.165) is 11.1 Å². The van der Waals surface area contributed by atoms with Crippen LogP contribution in [0.2, 0.25) is 0 Å². The van der Waals surface area contributed by atoms with Crippen LogP contribution < -0.4 is 9.62 Å². The molecule has 0 aliphatic carbocycles. The number of aliphatic carboxylic acids is 1. The molecule has 0 aliphatic rings. The Labute approximate surface area is 182 Å². The lowest BCUT2D eigenvalue weighted by atomic mass is 9.89. The van der Waals surface area contributed by atoms with E-state index in [4.69, 9.17) is 0 Å². The number of phenolic OH excluding ortho intramolecular Hbond substituents is 1. The Morgan fingerprint density at radius 3 is 2.19 bits per heavy atom. The van der Waals surface area contributed by atoms with Crippen LogP contribution in [-0.4, -0.2) is 44.2 Å². The molecule has 164 valence electrons. The highest BCUT2D eigenvalue weighted by Gasteiger charge is 2.41. The Morgan fingerprint density at radius 2 is 1.61 bits per heavy atom. The molecule has 3 rings (SSSR count). The minimum absolute atomic E-state index is 0.0264. The average Bonchev–Trinajstić information content (AvgIpc) is 2.73. The summed E-state index contributed by atoms with van der Waals surface area (Å²) in [5, 5.41) is 20.8. The summed E-state index contributed by atoms with van der Waals surface area (Å²) in [6, 6.07) is 16.4. The standard InChI is InChI=1S/C23H26N2O5S/c1-4-23(22(27)28,15-16-11-13-17(26)14-12-16)24-31(29,30)21-10-6-7-18-19(21)8-5-9-20(18)25(2)3/h5-14,24,26H,4,15H2,1-3H3,(H,27,28). The van der Waals surface area contributed by atoms with Crippen molar-refractivity contribution < 1.29 is 23.4 Å². The molecule has 0 spiro atoms. The van der Waals surface area contributed by atoms with E-state index in [9.17, 15) is 23.4 Å². The number of anilines is 1. The lowest BCUT2D eigenvalue weighted by molar-refractivity contribution is -0.144. The van der Waals surface area contributed by atoms with Crippen molar-refractivity contribution in [1.29, 1.82) is 0 Å². The second-order valence-corrected chi connectivity index (χ2v) is 9.36. The Bertz CT molecular complexity index is 1210. The molecule has 0 aliphatic heterocycles. The van der Waals surface area contributed by atoms with Gasteiger partial charge in [0.1, 0.15) is 11.3 Å². The van der Waals surface area contributed by atoms with Crippen molar-refractivity contribution in [2.75, 3.05) is 19.0 Å². The van der Waals surface area contributed by atoms with Crippen LogP contribution in [0.5, 0.6) is 5.75 Å². The molecule has 7 nitrogen and oxygen atoms in total. The van der Waals surface area contributed by atoms with Crippen molar-refractivity contribution >= 4 is 32.5 Å². The van der Waals surface area contributed by atoms with Gasteiger partial charge in [-0.05, 0) is 36.2 Å². The fraction of sp³-hybridized carbons (Fsp3) is 0.261. The van der Waals surface area contributed by atoms with Gasteiger partial charge in [-0.2, -0.15) is 4.72 Å². The summed E-state index contributed by atoms with van der Waals surface area (Å²) in [6.07, 6.45) is -0.0256. The first-order valence-corrected chi connectivity index (χ1v) is 11.3. The molecular weight excluding hydrogens is 416 g/mol. The number of nitrogens with zero attached hydrogens (tertiary/aromatic N) is 1. The minimum Gasteiger partial charge on any atom is -0.508 e. The number of hydrogen-bond donors (Lipinski definition) is 3. The Morgan fingerprint density at radius 1 is 1.00 bits per heavy atom. The van der Waals surface area contributed by atoms with Gasteiger partial charge in [-0.15, -0.1) is 0 Å². The largest absolute Gasteiger partial charge is 0.508 e. The van der Waals surface area contributed by atoms with Gasteiger partial charge >= 0.3 is 5.97 Å². The van der Waals surface area contributed by atoms with E-state index in [1.165, 1.54) is 18.2 Å². The van der Waals surface area contributed by atoms with Gasteiger partial charge in [-0.3, -0.25) is 4.79 Å². The van der Waals surface area contributed by atoms with Crippen LogP contribution >= 0.6 is 0 Å². The highest BCUT2D eigenvalue weighted by atomic mass is 32.2. The zero-order valence-electron chi connectivity index (χ0n) is 17.7. The van der Waals surface area contributed by atoms with Crippen molar-refractivity contribution in [3.05, 3.63) is 66.2 Å². The molecule has 1 unspecified atom stereocenters. The number of carboxylic acids is 1. The minimum atomic E-state index is -4.17. The highest BCUT2D eigenvalue weighted by molar-refractivity contribution is 7.89. The molecule has 0 heterocycles. The first-order valence-electron chi connectivity index (χ1n) is 9.84. The number of carboxylic acid groups (broad SMARTS) is 1. The lowest BCUT2D eigenvalue weighted by Crippen LogP contribution is -2.55. The maximum absolute atomic E-state index is 13.4.